The van der Waals surface area contributed by atoms with Crippen molar-refractivity contribution in [1.29, 1.82) is 0 Å². The Morgan fingerprint density at radius 3 is 2.67 bits per heavy atom. The number of aryl methyl sites for hydroxylation is 1. The van der Waals surface area contributed by atoms with Crippen LogP contribution in [0.25, 0.3) is 0 Å². The Bertz CT molecular complexity index is 751. The Balaban J connectivity index is 1.90. The number of hydrogen-bond donors (Lipinski definition) is 2. The van der Waals surface area contributed by atoms with Crippen LogP contribution in [0.15, 0.2) is 41.0 Å². The summed E-state index contributed by atoms with van der Waals surface area (Å²) in [5.74, 6) is -0.935. The van der Waals surface area contributed by atoms with Gasteiger partial charge < -0.3 is 19.8 Å². The van der Waals surface area contributed by atoms with Crippen molar-refractivity contribution in [2.45, 2.75) is 13.8 Å². The number of carbonyl (C=O) groups is 3. The second-order valence-corrected chi connectivity index (χ2v) is 4.96. The lowest BCUT2D eigenvalue weighted by Crippen LogP contribution is -2.23. The summed E-state index contributed by atoms with van der Waals surface area (Å²) in [5.41, 5.74) is 1.15. The number of amides is 2. The maximum absolute atomic E-state index is 11.9. The molecule has 2 aromatic rings. The Kier molecular flexibility index (Phi) is 5.73. The maximum atomic E-state index is 11.9. The van der Waals surface area contributed by atoms with Gasteiger partial charge in [0.15, 0.2) is 6.61 Å². The fourth-order valence-electron chi connectivity index (χ4n) is 2.00. The maximum Gasteiger partial charge on any atom is 0.342 e. The minimum Gasteiger partial charge on any atom is -0.469 e. The highest BCUT2D eigenvalue weighted by Crippen LogP contribution is 2.12. The zero-order chi connectivity index (χ0) is 17.5. The molecule has 0 bridgehead atoms. The molecule has 0 aliphatic carbocycles. The number of furan rings is 1. The lowest BCUT2D eigenvalue weighted by atomic mass is 10.2. The SMILES string of the molecule is CCNC(=O)c1cccc(NC(=O)COC(=O)c2ccoc2C)c1. The van der Waals surface area contributed by atoms with Crippen molar-refractivity contribution in [1.82, 2.24) is 5.32 Å². The monoisotopic (exact) mass is 330 g/mol. The number of rotatable bonds is 6. The quantitative estimate of drug-likeness (QED) is 0.791. The molecular formula is C17H18N2O5. The van der Waals surface area contributed by atoms with E-state index in [4.69, 9.17) is 9.15 Å². The van der Waals surface area contributed by atoms with Gasteiger partial charge in [-0.25, -0.2) is 4.79 Å². The first kappa shape index (κ1) is 17.3. The highest BCUT2D eigenvalue weighted by molar-refractivity contribution is 5.98. The summed E-state index contributed by atoms with van der Waals surface area (Å²) >= 11 is 0. The molecule has 0 atom stereocenters. The van der Waals surface area contributed by atoms with Gasteiger partial charge in [0.1, 0.15) is 11.3 Å². The third-order valence-electron chi connectivity index (χ3n) is 3.16. The molecule has 0 aliphatic rings. The van der Waals surface area contributed by atoms with E-state index >= 15 is 0 Å². The molecule has 0 aliphatic heterocycles. The van der Waals surface area contributed by atoms with E-state index < -0.39 is 18.5 Å². The first-order chi connectivity index (χ1) is 11.5. The van der Waals surface area contributed by atoms with Crippen molar-refractivity contribution in [2.24, 2.45) is 0 Å². The van der Waals surface area contributed by atoms with Crippen LogP contribution >= 0.6 is 0 Å². The standard InChI is InChI=1S/C17H18N2O5/c1-3-18-16(21)12-5-4-6-13(9-12)19-15(20)10-24-17(22)14-7-8-23-11(14)2/h4-9H,3,10H2,1-2H3,(H,18,21)(H,19,20). The minimum absolute atomic E-state index is 0.226. The predicted molar refractivity (Wildman–Crippen MR) is 86.8 cm³/mol. The fraction of sp³-hybridized carbons (Fsp3) is 0.235. The van der Waals surface area contributed by atoms with Gasteiger partial charge in [-0.1, -0.05) is 6.07 Å². The van der Waals surface area contributed by atoms with Crippen molar-refractivity contribution in [2.75, 3.05) is 18.5 Å². The first-order valence-corrected chi connectivity index (χ1v) is 7.40. The largest absolute Gasteiger partial charge is 0.469 e. The second-order valence-electron chi connectivity index (χ2n) is 4.96. The summed E-state index contributed by atoms with van der Waals surface area (Å²) in [5, 5.41) is 5.25. The Morgan fingerprint density at radius 1 is 1.21 bits per heavy atom. The first-order valence-electron chi connectivity index (χ1n) is 7.40. The summed E-state index contributed by atoms with van der Waals surface area (Å²) in [6, 6.07) is 7.96. The molecule has 2 rings (SSSR count). The molecule has 2 N–H and O–H groups in total. The van der Waals surface area contributed by atoms with Gasteiger partial charge in [0, 0.05) is 17.8 Å². The molecule has 0 saturated heterocycles. The average Bonchev–Trinajstić information content (AvgIpc) is 2.99. The molecule has 2 amide bonds. The van der Waals surface area contributed by atoms with E-state index in [-0.39, 0.29) is 11.5 Å². The molecule has 1 aromatic heterocycles. The lowest BCUT2D eigenvalue weighted by Gasteiger charge is -2.08. The van der Waals surface area contributed by atoms with Gasteiger partial charge in [-0.15, -0.1) is 0 Å². The summed E-state index contributed by atoms with van der Waals surface area (Å²) in [4.78, 5) is 35.4. The molecule has 7 nitrogen and oxygen atoms in total. The number of benzene rings is 1. The molecule has 1 aromatic carbocycles. The Labute approximate surface area is 139 Å². The molecule has 24 heavy (non-hydrogen) atoms. The van der Waals surface area contributed by atoms with Crippen molar-refractivity contribution < 1.29 is 23.5 Å². The zero-order valence-electron chi connectivity index (χ0n) is 13.4. The molecule has 0 radical (unpaired) electrons. The van der Waals surface area contributed by atoms with Gasteiger partial charge in [-0.2, -0.15) is 0 Å². The number of carbonyl (C=O) groups excluding carboxylic acids is 3. The van der Waals surface area contributed by atoms with Crippen LogP contribution < -0.4 is 10.6 Å². The number of hydrogen-bond acceptors (Lipinski definition) is 5. The highest BCUT2D eigenvalue weighted by Gasteiger charge is 2.15. The number of nitrogens with one attached hydrogen (secondary N) is 2. The number of anilines is 1. The average molecular weight is 330 g/mol. The van der Waals surface area contributed by atoms with Crippen LogP contribution in [0.2, 0.25) is 0 Å². The van der Waals surface area contributed by atoms with E-state index in [1.54, 1.807) is 31.2 Å². The third-order valence-corrected chi connectivity index (χ3v) is 3.16. The van der Waals surface area contributed by atoms with E-state index in [9.17, 15) is 14.4 Å². The lowest BCUT2D eigenvalue weighted by molar-refractivity contribution is -0.119. The minimum atomic E-state index is -0.632. The molecule has 0 saturated carbocycles. The van der Waals surface area contributed by atoms with Crippen LogP contribution in [-0.4, -0.2) is 30.9 Å². The third kappa shape index (κ3) is 4.45. The van der Waals surface area contributed by atoms with Crippen LogP contribution in [0.5, 0.6) is 0 Å². The van der Waals surface area contributed by atoms with Gasteiger partial charge in [-0.05, 0) is 38.1 Å². The molecule has 1 heterocycles. The van der Waals surface area contributed by atoms with E-state index in [1.807, 2.05) is 6.92 Å². The predicted octanol–water partition coefficient (Wildman–Crippen LogP) is 2.13. The van der Waals surface area contributed by atoms with Crippen molar-refractivity contribution in [3.63, 3.8) is 0 Å². The zero-order valence-corrected chi connectivity index (χ0v) is 13.4. The van der Waals surface area contributed by atoms with Crippen LogP contribution in [0.3, 0.4) is 0 Å². The highest BCUT2D eigenvalue weighted by atomic mass is 16.5. The number of ether oxygens (including phenoxy) is 1. The molecule has 126 valence electrons. The van der Waals surface area contributed by atoms with Gasteiger partial charge in [0.2, 0.25) is 0 Å². The van der Waals surface area contributed by atoms with Crippen molar-refractivity contribution >= 4 is 23.5 Å². The van der Waals surface area contributed by atoms with Crippen molar-refractivity contribution in [3.8, 4) is 0 Å². The molecular weight excluding hydrogens is 312 g/mol. The van der Waals surface area contributed by atoms with Crippen LogP contribution in [-0.2, 0) is 9.53 Å². The summed E-state index contributed by atoms with van der Waals surface area (Å²) in [7, 11) is 0. The van der Waals surface area contributed by atoms with Crippen LogP contribution in [0.4, 0.5) is 5.69 Å². The Hall–Kier alpha value is -3.09. The van der Waals surface area contributed by atoms with E-state index in [1.165, 1.54) is 12.3 Å². The smallest absolute Gasteiger partial charge is 0.342 e. The number of esters is 1. The van der Waals surface area contributed by atoms with Gasteiger partial charge in [0.25, 0.3) is 11.8 Å². The van der Waals surface area contributed by atoms with E-state index in [2.05, 4.69) is 10.6 Å². The fourth-order valence-corrected chi connectivity index (χ4v) is 2.00. The van der Waals surface area contributed by atoms with Crippen LogP contribution in [0, 0.1) is 6.92 Å². The molecule has 0 fully saturated rings. The molecule has 7 heteroatoms. The van der Waals surface area contributed by atoms with Gasteiger partial charge in [-0.3, -0.25) is 9.59 Å². The van der Waals surface area contributed by atoms with E-state index in [0.29, 0.717) is 23.6 Å². The molecule has 0 unspecified atom stereocenters. The van der Waals surface area contributed by atoms with Gasteiger partial charge in [0.05, 0.1) is 6.26 Å². The Morgan fingerprint density at radius 2 is 2.00 bits per heavy atom. The summed E-state index contributed by atoms with van der Waals surface area (Å²) in [6.45, 7) is 3.52. The normalized spacial score (nSPS) is 10.1. The van der Waals surface area contributed by atoms with Gasteiger partial charge >= 0.3 is 5.97 Å². The van der Waals surface area contributed by atoms with Crippen molar-refractivity contribution in [3.05, 3.63) is 53.5 Å². The second kappa shape index (κ2) is 7.96. The molecule has 0 spiro atoms. The topological polar surface area (TPSA) is 97.6 Å². The van der Waals surface area contributed by atoms with E-state index in [0.717, 1.165) is 0 Å². The summed E-state index contributed by atoms with van der Waals surface area (Å²) in [6.07, 6.45) is 1.37. The summed E-state index contributed by atoms with van der Waals surface area (Å²) < 4.78 is 9.93. The van der Waals surface area contributed by atoms with Crippen LogP contribution in [0.1, 0.15) is 33.4 Å².